The number of hydrogen-bond donors (Lipinski definition) is 0. The Kier molecular flexibility index (Phi) is 4.20. The molecule has 0 spiro atoms. The Labute approximate surface area is 178 Å². The molecule has 154 valence electrons. The predicted octanol–water partition coefficient (Wildman–Crippen LogP) is 4.87. The first-order chi connectivity index (χ1) is 14.2. The third-order valence-electron chi connectivity index (χ3n) is 7.24. The average Bonchev–Trinajstić information content (AvgIpc) is 3.27. The van der Waals surface area contributed by atoms with E-state index < -0.39 is 5.92 Å². The van der Waals surface area contributed by atoms with E-state index in [0.717, 1.165) is 27.8 Å². The Balaban J connectivity index is 1.57. The smallest absolute Gasteiger partial charge is 0.154 e. The maximum Gasteiger partial charge on any atom is 0.154 e. The molecule has 30 heavy (non-hydrogen) atoms. The summed E-state index contributed by atoms with van der Waals surface area (Å²) in [6.45, 7) is 12.4. The predicted molar refractivity (Wildman–Crippen MR) is 118 cm³/mol. The van der Waals surface area contributed by atoms with Gasteiger partial charge in [-0.15, -0.1) is 0 Å². The number of carbonyl (C=O) groups is 2. The summed E-state index contributed by atoms with van der Waals surface area (Å²) >= 11 is 0. The Morgan fingerprint density at radius 3 is 1.77 bits per heavy atom. The van der Waals surface area contributed by atoms with Gasteiger partial charge in [-0.2, -0.15) is 0 Å². The second-order valence-electron chi connectivity index (χ2n) is 9.52. The monoisotopic (exact) mass is 400 g/mol. The zero-order chi connectivity index (χ0) is 21.5. The van der Waals surface area contributed by atoms with Crippen LogP contribution in [0.5, 0.6) is 0 Å². The van der Waals surface area contributed by atoms with Crippen molar-refractivity contribution in [2.45, 2.75) is 59.7 Å². The quantitative estimate of drug-likeness (QED) is 0.676. The van der Waals surface area contributed by atoms with Crippen molar-refractivity contribution in [2.24, 2.45) is 11.8 Å². The lowest BCUT2D eigenvalue weighted by Crippen LogP contribution is -2.29. The van der Waals surface area contributed by atoms with Gasteiger partial charge in [-0.3, -0.25) is 9.59 Å². The van der Waals surface area contributed by atoms with Gasteiger partial charge in [0.15, 0.2) is 11.6 Å². The summed E-state index contributed by atoms with van der Waals surface area (Å²) in [7, 11) is 0. The molecule has 2 heterocycles. The van der Waals surface area contributed by atoms with Gasteiger partial charge in [-0.1, -0.05) is 35.4 Å². The van der Waals surface area contributed by atoms with Crippen LogP contribution in [0.25, 0.3) is 5.57 Å². The van der Waals surface area contributed by atoms with Gasteiger partial charge in [-0.05, 0) is 86.6 Å². The van der Waals surface area contributed by atoms with Crippen molar-refractivity contribution >= 4 is 17.1 Å². The first-order valence-corrected chi connectivity index (χ1v) is 10.8. The van der Waals surface area contributed by atoms with Crippen LogP contribution in [0.1, 0.15) is 50.4 Å². The zero-order valence-corrected chi connectivity index (χ0v) is 18.5. The fourth-order valence-electron chi connectivity index (χ4n) is 6.39. The number of fused-ring (bicyclic) bond motifs is 5. The molecule has 2 aliphatic heterocycles. The lowest BCUT2D eigenvalue weighted by molar-refractivity contribution is -0.127. The first kappa shape index (κ1) is 19.4. The molecule has 2 bridgehead atoms. The Bertz CT molecular complexity index is 1110. The lowest BCUT2D eigenvalue weighted by Gasteiger charge is -2.23. The van der Waals surface area contributed by atoms with Gasteiger partial charge in [0.05, 0.1) is 24.0 Å². The highest BCUT2D eigenvalue weighted by atomic mass is 16.5. The number of ketones is 2. The van der Waals surface area contributed by atoms with Gasteiger partial charge in [0.25, 0.3) is 0 Å². The minimum atomic E-state index is -0.650. The van der Waals surface area contributed by atoms with Crippen molar-refractivity contribution in [2.75, 3.05) is 0 Å². The molecule has 3 aliphatic rings. The van der Waals surface area contributed by atoms with Crippen LogP contribution in [0.15, 0.2) is 30.3 Å². The van der Waals surface area contributed by atoms with E-state index in [1.165, 1.54) is 22.3 Å². The molecule has 3 nitrogen and oxygen atoms in total. The molecule has 1 unspecified atom stereocenters. The first-order valence-electron chi connectivity index (χ1n) is 10.8. The van der Waals surface area contributed by atoms with Crippen molar-refractivity contribution in [3.8, 4) is 0 Å². The number of ether oxygens (including phenoxy) is 1. The SMILES string of the molecule is Cc1cc(C)c(C2=C[C@@H]3O[C@H]2[C@H]2C(=O)C(c4c(C)cc(C)cc4C)C(=O)[C@H]23)c(C)c1. The minimum Gasteiger partial charge on any atom is -0.365 e. The Hall–Kier alpha value is -2.52. The maximum absolute atomic E-state index is 13.6. The van der Waals surface area contributed by atoms with Crippen molar-refractivity contribution in [1.82, 2.24) is 0 Å². The number of Topliss-reactive ketones (excluding diaryl/α,β-unsaturated/α-hetero) is 2. The molecule has 0 N–H and O–H groups in total. The Morgan fingerprint density at radius 1 is 0.700 bits per heavy atom. The van der Waals surface area contributed by atoms with Crippen molar-refractivity contribution in [3.05, 3.63) is 74.8 Å². The summed E-state index contributed by atoms with van der Waals surface area (Å²) in [5.74, 6) is -1.28. The second kappa shape index (κ2) is 6.49. The fraction of sp³-hybridized carbons (Fsp3) is 0.407. The molecular formula is C27H28O3. The summed E-state index contributed by atoms with van der Waals surface area (Å²) < 4.78 is 6.22. The van der Waals surface area contributed by atoms with E-state index in [1.54, 1.807) is 0 Å². The third-order valence-corrected chi connectivity index (χ3v) is 7.24. The topological polar surface area (TPSA) is 43.4 Å². The van der Waals surface area contributed by atoms with E-state index in [2.05, 4.69) is 51.1 Å². The molecule has 1 saturated heterocycles. The molecule has 3 heteroatoms. The average molecular weight is 401 g/mol. The van der Waals surface area contributed by atoms with Crippen LogP contribution in [0.4, 0.5) is 0 Å². The molecule has 2 aromatic carbocycles. The molecule has 0 amide bonds. The summed E-state index contributed by atoms with van der Waals surface area (Å²) in [4.78, 5) is 27.1. The number of aryl methyl sites for hydroxylation is 6. The zero-order valence-electron chi connectivity index (χ0n) is 18.5. The van der Waals surface area contributed by atoms with E-state index in [-0.39, 0.29) is 35.6 Å². The lowest BCUT2D eigenvalue weighted by atomic mass is 9.77. The largest absolute Gasteiger partial charge is 0.365 e. The molecule has 1 aliphatic carbocycles. The van der Waals surface area contributed by atoms with Gasteiger partial charge in [-0.25, -0.2) is 0 Å². The van der Waals surface area contributed by atoms with Crippen molar-refractivity contribution in [1.29, 1.82) is 0 Å². The normalized spacial score (nSPS) is 29.5. The summed E-state index contributed by atoms with van der Waals surface area (Å²) in [6, 6.07) is 8.50. The van der Waals surface area contributed by atoms with E-state index in [4.69, 9.17) is 4.74 Å². The molecule has 2 fully saturated rings. The van der Waals surface area contributed by atoms with E-state index in [0.29, 0.717) is 0 Å². The number of hydrogen-bond acceptors (Lipinski definition) is 3. The third kappa shape index (κ3) is 2.54. The summed E-state index contributed by atoms with van der Waals surface area (Å²) in [5.41, 5.74) is 10.0. The number of benzene rings is 2. The van der Waals surface area contributed by atoms with E-state index in [9.17, 15) is 9.59 Å². The van der Waals surface area contributed by atoms with Crippen LogP contribution in [-0.4, -0.2) is 23.8 Å². The van der Waals surface area contributed by atoms with Crippen LogP contribution in [0.3, 0.4) is 0 Å². The highest BCUT2D eigenvalue weighted by molar-refractivity contribution is 6.18. The van der Waals surface area contributed by atoms with E-state index >= 15 is 0 Å². The highest BCUT2D eigenvalue weighted by Gasteiger charge is 2.63. The minimum absolute atomic E-state index is 0.0419. The van der Waals surface area contributed by atoms with Gasteiger partial charge in [0, 0.05) is 0 Å². The molecule has 5 rings (SSSR count). The van der Waals surface area contributed by atoms with Gasteiger partial charge >= 0.3 is 0 Å². The fourth-order valence-corrected chi connectivity index (χ4v) is 6.39. The number of rotatable bonds is 2. The van der Waals surface area contributed by atoms with Crippen LogP contribution >= 0.6 is 0 Å². The van der Waals surface area contributed by atoms with Crippen molar-refractivity contribution in [3.63, 3.8) is 0 Å². The molecule has 0 radical (unpaired) electrons. The second-order valence-corrected chi connectivity index (χ2v) is 9.52. The Morgan fingerprint density at radius 2 is 1.20 bits per heavy atom. The van der Waals surface area contributed by atoms with Gasteiger partial charge < -0.3 is 4.74 Å². The highest BCUT2D eigenvalue weighted by Crippen LogP contribution is 2.55. The van der Waals surface area contributed by atoms with Crippen LogP contribution in [0.2, 0.25) is 0 Å². The molecule has 5 atom stereocenters. The molecule has 0 aromatic heterocycles. The van der Waals surface area contributed by atoms with E-state index in [1.807, 2.05) is 20.8 Å². The molecule has 1 saturated carbocycles. The standard InChI is InChI=1S/C27H28O3/c1-12-7-14(3)20(15(4)8-12)18-11-19-22-24(27(18)30-19)26(29)23(25(22)28)21-16(5)9-13(2)10-17(21)6/h7-11,19,22-24,27H,1-6H3/t19-,22-,23?,24+,27+/m0/s1. The molecular weight excluding hydrogens is 372 g/mol. The van der Waals surface area contributed by atoms with Gasteiger partial charge in [0.2, 0.25) is 0 Å². The summed E-state index contributed by atoms with van der Waals surface area (Å²) in [6.07, 6.45) is 1.51. The van der Waals surface area contributed by atoms with Crippen LogP contribution in [0, 0.1) is 53.4 Å². The molecule has 2 aromatic rings. The van der Waals surface area contributed by atoms with Crippen LogP contribution in [-0.2, 0) is 14.3 Å². The number of carbonyl (C=O) groups excluding carboxylic acids is 2. The van der Waals surface area contributed by atoms with Crippen molar-refractivity contribution < 1.29 is 14.3 Å². The summed E-state index contributed by atoms with van der Waals surface area (Å²) in [5, 5.41) is 0. The van der Waals surface area contributed by atoms with Crippen LogP contribution < -0.4 is 0 Å². The maximum atomic E-state index is 13.6. The van der Waals surface area contributed by atoms with Gasteiger partial charge in [0.1, 0.15) is 5.92 Å².